The van der Waals surface area contributed by atoms with Crippen molar-refractivity contribution in [3.05, 3.63) is 0 Å². The standard InChI is InChI=1S/C7H11NO4/c1-12-5-2-4(3-5)8-6(9)7(10)11/h4-5H,2-3H2,1H3,(H,8,9)(H,10,11). The zero-order valence-corrected chi connectivity index (χ0v) is 6.74. The van der Waals surface area contributed by atoms with Gasteiger partial charge in [0.15, 0.2) is 0 Å². The summed E-state index contributed by atoms with van der Waals surface area (Å²) in [5, 5.41) is 10.6. The lowest BCUT2D eigenvalue weighted by atomic mass is 9.89. The van der Waals surface area contributed by atoms with Crippen molar-refractivity contribution in [3.63, 3.8) is 0 Å². The summed E-state index contributed by atoms with van der Waals surface area (Å²) in [5.41, 5.74) is 0. The van der Waals surface area contributed by atoms with Crippen LogP contribution in [0.1, 0.15) is 12.8 Å². The Morgan fingerprint density at radius 1 is 1.50 bits per heavy atom. The third-order valence-electron chi connectivity index (χ3n) is 1.96. The predicted molar refractivity (Wildman–Crippen MR) is 39.6 cm³/mol. The van der Waals surface area contributed by atoms with Gasteiger partial charge in [-0.2, -0.15) is 0 Å². The molecule has 68 valence electrons. The van der Waals surface area contributed by atoms with E-state index >= 15 is 0 Å². The molecule has 0 aromatic heterocycles. The number of carbonyl (C=O) groups is 2. The first-order valence-electron chi connectivity index (χ1n) is 3.70. The van der Waals surface area contributed by atoms with Gasteiger partial charge in [-0.3, -0.25) is 4.79 Å². The highest BCUT2D eigenvalue weighted by molar-refractivity contribution is 6.31. The number of nitrogens with one attached hydrogen (secondary N) is 1. The van der Waals surface area contributed by atoms with E-state index < -0.39 is 11.9 Å². The van der Waals surface area contributed by atoms with Crippen LogP contribution in [0.4, 0.5) is 0 Å². The molecule has 0 radical (unpaired) electrons. The molecule has 0 aromatic rings. The maximum Gasteiger partial charge on any atom is 0.394 e. The lowest BCUT2D eigenvalue weighted by Crippen LogP contribution is -2.49. The fourth-order valence-electron chi connectivity index (χ4n) is 1.12. The Hall–Kier alpha value is -1.10. The fraction of sp³-hybridized carbons (Fsp3) is 0.714. The van der Waals surface area contributed by atoms with E-state index in [0.717, 1.165) is 0 Å². The van der Waals surface area contributed by atoms with Crippen LogP contribution in [0, 0.1) is 0 Å². The van der Waals surface area contributed by atoms with E-state index in [2.05, 4.69) is 5.32 Å². The number of hydrogen-bond acceptors (Lipinski definition) is 3. The topological polar surface area (TPSA) is 75.6 Å². The summed E-state index contributed by atoms with van der Waals surface area (Å²) in [6.07, 6.45) is 1.58. The molecule has 1 aliphatic rings. The maximum absolute atomic E-state index is 10.6. The Kier molecular flexibility index (Phi) is 2.65. The SMILES string of the molecule is COC1CC(NC(=O)C(=O)O)C1. The van der Waals surface area contributed by atoms with Crippen LogP contribution in [-0.2, 0) is 14.3 Å². The smallest absolute Gasteiger partial charge is 0.394 e. The first kappa shape index (κ1) is 8.99. The summed E-state index contributed by atoms with van der Waals surface area (Å²) in [7, 11) is 1.60. The molecule has 0 aromatic carbocycles. The maximum atomic E-state index is 10.6. The summed E-state index contributed by atoms with van der Waals surface area (Å²) >= 11 is 0. The number of hydrogen-bond donors (Lipinski definition) is 2. The second kappa shape index (κ2) is 3.53. The highest BCUT2D eigenvalue weighted by Gasteiger charge is 2.31. The molecule has 0 aliphatic heterocycles. The molecule has 5 nitrogen and oxygen atoms in total. The molecule has 0 spiro atoms. The molecule has 2 N–H and O–H groups in total. The summed E-state index contributed by atoms with van der Waals surface area (Å²) < 4.78 is 4.96. The molecule has 1 aliphatic carbocycles. The average Bonchev–Trinajstić information content (AvgIpc) is 1.94. The zero-order chi connectivity index (χ0) is 9.14. The second-order valence-electron chi connectivity index (χ2n) is 2.80. The van der Waals surface area contributed by atoms with Crippen LogP contribution in [0.2, 0.25) is 0 Å². The van der Waals surface area contributed by atoms with E-state index in [1.54, 1.807) is 7.11 Å². The molecule has 0 bridgehead atoms. The van der Waals surface area contributed by atoms with Crippen LogP contribution in [0.15, 0.2) is 0 Å². The van der Waals surface area contributed by atoms with Gasteiger partial charge in [0.2, 0.25) is 0 Å². The number of carboxylic acids is 1. The predicted octanol–water partition coefficient (Wildman–Crippen LogP) is -0.635. The minimum absolute atomic E-state index is 0.0291. The third kappa shape index (κ3) is 1.94. The number of rotatable bonds is 2. The number of methoxy groups -OCH3 is 1. The van der Waals surface area contributed by atoms with Crippen molar-refractivity contribution < 1.29 is 19.4 Å². The number of amides is 1. The van der Waals surface area contributed by atoms with E-state index in [-0.39, 0.29) is 12.1 Å². The summed E-state index contributed by atoms with van der Waals surface area (Å²) in [5.74, 6) is -2.37. The van der Waals surface area contributed by atoms with Gasteiger partial charge in [-0.15, -0.1) is 0 Å². The normalized spacial score (nSPS) is 27.4. The van der Waals surface area contributed by atoms with E-state index in [1.165, 1.54) is 0 Å². The Labute approximate surface area is 69.7 Å². The van der Waals surface area contributed by atoms with Crippen LogP contribution in [-0.4, -0.2) is 36.2 Å². The van der Waals surface area contributed by atoms with E-state index in [4.69, 9.17) is 9.84 Å². The first-order valence-corrected chi connectivity index (χ1v) is 3.70. The van der Waals surface area contributed by atoms with Crippen molar-refractivity contribution in [2.24, 2.45) is 0 Å². The van der Waals surface area contributed by atoms with Crippen molar-refractivity contribution >= 4 is 11.9 Å². The Bertz CT molecular complexity index is 198. The highest BCUT2D eigenvalue weighted by atomic mass is 16.5. The molecule has 0 heterocycles. The minimum atomic E-state index is -1.43. The monoisotopic (exact) mass is 173 g/mol. The van der Waals surface area contributed by atoms with Crippen molar-refractivity contribution in [3.8, 4) is 0 Å². The first-order chi connectivity index (χ1) is 5.63. The average molecular weight is 173 g/mol. The van der Waals surface area contributed by atoms with Gasteiger partial charge in [-0.25, -0.2) is 4.79 Å². The molecule has 0 unspecified atom stereocenters. The van der Waals surface area contributed by atoms with Gasteiger partial charge in [0, 0.05) is 13.2 Å². The molecular weight excluding hydrogens is 162 g/mol. The van der Waals surface area contributed by atoms with Crippen LogP contribution >= 0.6 is 0 Å². The second-order valence-corrected chi connectivity index (χ2v) is 2.80. The van der Waals surface area contributed by atoms with Crippen LogP contribution < -0.4 is 5.32 Å². The van der Waals surface area contributed by atoms with Gasteiger partial charge >= 0.3 is 11.9 Å². The van der Waals surface area contributed by atoms with Crippen LogP contribution in [0.3, 0.4) is 0 Å². The lowest BCUT2D eigenvalue weighted by Gasteiger charge is -2.33. The molecular formula is C7H11NO4. The van der Waals surface area contributed by atoms with E-state index in [1.807, 2.05) is 0 Å². The summed E-state index contributed by atoms with van der Waals surface area (Å²) in [6.45, 7) is 0. The molecule has 0 saturated heterocycles. The largest absolute Gasteiger partial charge is 0.474 e. The van der Waals surface area contributed by atoms with Gasteiger partial charge in [0.05, 0.1) is 6.10 Å². The van der Waals surface area contributed by atoms with Gasteiger partial charge in [-0.05, 0) is 12.8 Å². The quantitative estimate of drug-likeness (QED) is 0.545. The third-order valence-corrected chi connectivity index (χ3v) is 1.96. The Balaban J connectivity index is 2.19. The molecule has 1 rings (SSSR count). The van der Waals surface area contributed by atoms with Gasteiger partial charge < -0.3 is 15.2 Å². The van der Waals surface area contributed by atoms with Crippen molar-refractivity contribution in [1.82, 2.24) is 5.32 Å². The molecule has 5 heteroatoms. The molecule has 1 saturated carbocycles. The summed E-state index contributed by atoms with van der Waals surface area (Å²) in [4.78, 5) is 20.7. The van der Waals surface area contributed by atoms with Gasteiger partial charge in [0.1, 0.15) is 0 Å². The lowest BCUT2D eigenvalue weighted by molar-refractivity contribution is -0.151. The summed E-state index contributed by atoms with van der Waals surface area (Å²) in [6, 6.07) is -0.0291. The van der Waals surface area contributed by atoms with Crippen LogP contribution in [0.5, 0.6) is 0 Å². The Morgan fingerprint density at radius 2 is 2.08 bits per heavy atom. The number of ether oxygens (including phenoxy) is 1. The molecule has 1 amide bonds. The fourth-order valence-corrected chi connectivity index (χ4v) is 1.12. The molecule has 1 fully saturated rings. The minimum Gasteiger partial charge on any atom is -0.474 e. The van der Waals surface area contributed by atoms with E-state index in [0.29, 0.717) is 12.8 Å². The van der Waals surface area contributed by atoms with Crippen molar-refractivity contribution in [1.29, 1.82) is 0 Å². The van der Waals surface area contributed by atoms with Gasteiger partial charge in [0.25, 0.3) is 0 Å². The van der Waals surface area contributed by atoms with Crippen molar-refractivity contribution in [2.75, 3.05) is 7.11 Å². The van der Waals surface area contributed by atoms with Crippen LogP contribution in [0.25, 0.3) is 0 Å². The van der Waals surface area contributed by atoms with Gasteiger partial charge in [-0.1, -0.05) is 0 Å². The number of carbonyl (C=O) groups excluding carboxylic acids is 1. The number of carboxylic acid groups (broad SMARTS) is 1. The number of aliphatic carboxylic acids is 1. The van der Waals surface area contributed by atoms with E-state index in [9.17, 15) is 9.59 Å². The Morgan fingerprint density at radius 3 is 2.50 bits per heavy atom. The van der Waals surface area contributed by atoms with Crippen molar-refractivity contribution in [2.45, 2.75) is 25.0 Å². The zero-order valence-electron chi connectivity index (χ0n) is 6.74. The molecule has 12 heavy (non-hydrogen) atoms. The molecule has 0 atom stereocenters. The highest BCUT2D eigenvalue weighted by Crippen LogP contribution is 2.22.